The molecule has 0 unspecified atom stereocenters. The van der Waals surface area contributed by atoms with Gasteiger partial charge in [-0.3, -0.25) is 9.59 Å². The van der Waals surface area contributed by atoms with E-state index in [1.54, 1.807) is 6.20 Å². The van der Waals surface area contributed by atoms with Crippen molar-refractivity contribution in [1.29, 1.82) is 0 Å². The van der Waals surface area contributed by atoms with E-state index in [1.807, 2.05) is 35.2 Å². The highest BCUT2D eigenvalue weighted by atomic mass is 16.5. The third-order valence-corrected chi connectivity index (χ3v) is 4.43. The molecular formula is C19H24N4O3. The fourth-order valence-corrected chi connectivity index (χ4v) is 3.03. The van der Waals surface area contributed by atoms with Crippen LogP contribution in [0.2, 0.25) is 0 Å². The van der Waals surface area contributed by atoms with Gasteiger partial charge in [0.2, 0.25) is 11.8 Å². The molecule has 0 saturated carbocycles. The monoisotopic (exact) mass is 356 g/mol. The van der Waals surface area contributed by atoms with Gasteiger partial charge >= 0.3 is 0 Å². The largest absolute Gasteiger partial charge is 0.493 e. The van der Waals surface area contributed by atoms with Crippen molar-refractivity contribution in [1.82, 2.24) is 20.2 Å². The predicted octanol–water partition coefficient (Wildman–Crippen LogP) is 1.83. The number of hydrogen-bond donors (Lipinski definition) is 2. The van der Waals surface area contributed by atoms with Crippen molar-refractivity contribution < 1.29 is 14.3 Å². The molecule has 0 spiro atoms. The van der Waals surface area contributed by atoms with Crippen molar-refractivity contribution in [3.63, 3.8) is 0 Å². The average molecular weight is 356 g/mol. The lowest BCUT2D eigenvalue weighted by Gasteiger charge is -2.16. The molecule has 26 heavy (non-hydrogen) atoms. The number of aromatic nitrogens is 2. The summed E-state index contributed by atoms with van der Waals surface area (Å²) in [7, 11) is 0. The summed E-state index contributed by atoms with van der Waals surface area (Å²) < 4.78 is 5.60. The second kappa shape index (κ2) is 8.51. The smallest absolute Gasteiger partial charge is 0.226 e. The van der Waals surface area contributed by atoms with E-state index in [4.69, 9.17) is 4.74 Å². The fourth-order valence-electron chi connectivity index (χ4n) is 3.03. The second-order valence-electron chi connectivity index (χ2n) is 6.44. The number of imidazole rings is 1. The van der Waals surface area contributed by atoms with E-state index in [2.05, 4.69) is 15.3 Å². The molecule has 2 aromatic rings. The van der Waals surface area contributed by atoms with E-state index in [9.17, 15) is 9.59 Å². The second-order valence-corrected chi connectivity index (χ2v) is 6.44. The lowest BCUT2D eigenvalue weighted by Crippen LogP contribution is -2.29. The Balaban J connectivity index is 1.44. The molecule has 1 aromatic carbocycles. The van der Waals surface area contributed by atoms with Crippen molar-refractivity contribution in [2.45, 2.75) is 32.2 Å². The summed E-state index contributed by atoms with van der Waals surface area (Å²) in [6.07, 6.45) is 3.00. The first-order chi connectivity index (χ1) is 12.6. The summed E-state index contributed by atoms with van der Waals surface area (Å²) in [6, 6.07) is 9.51. The molecule has 2 heterocycles. The maximum atomic E-state index is 12.4. The molecule has 0 bridgehead atoms. The molecule has 1 aromatic heterocycles. The molecule has 0 radical (unpaired) electrons. The Morgan fingerprint density at radius 3 is 2.92 bits per heavy atom. The van der Waals surface area contributed by atoms with Crippen LogP contribution in [-0.2, 0) is 16.1 Å². The number of carbonyl (C=O) groups is 2. The number of H-pyrrole nitrogens is 1. The number of likely N-dealkylation sites (tertiary alicyclic amines) is 1. The zero-order valence-corrected chi connectivity index (χ0v) is 14.9. The molecule has 7 heteroatoms. The number of para-hydroxylation sites is 1. The molecular weight excluding hydrogens is 332 g/mol. The Hall–Kier alpha value is -2.83. The Morgan fingerprint density at radius 2 is 2.15 bits per heavy atom. The fraction of sp³-hybridized carbons (Fsp3) is 0.421. The van der Waals surface area contributed by atoms with E-state index in [0.29, 0.717) is 26.1 Å². The molecule has 138 valence electrons. The van der Waals surface area contributed by atoms with Crippen molar-refractivity contribution in [2.75, 3.05) is 19.7 Å². The first kappa shape index (κ1) is 18.0. The van der Waals surface area contributed by atoms with E-state index in [1.165, 1.54) is 6.92 Å². The predicted molar refractivity (Wildman–Crippen MR) is 96.6 cm³/mol. The highest BCUT2D eigenvalue weighted by Crippen LogP contribution is 2.25. The molecule has 2 N–H and O–H groups in total. The van der Waals surface area contributed by atoms with Gasteiger partial charge in [0, 0.05) is 25.9 Å². The maximum absolute atomic E-state index is 12.4. The van der Waals surface area contributed by atoms with Crippen molar-refractivity contribution in [3.05, 3.63) is 48.0 Å². The van der Waals surface area contributed by atoms with Gasteiger partial charge in [-0.15, -0.1) is 0 Å². The molecule has 7 nitrogen and oxygen atoms in total. The minimum Gasteiger partial charge on any atom is -0.493 e. The van der Waals surface area contributed by atoms with Gasteiger partial charge in [0.05, 0.1) is 31.5 Å². The standard InChI is InChI=1S/C19H24N4O3/c1-14(24)20-11-16-12-21-19(22-16)15-7-9-23(13-15)18(25)8-10-26-17-5-3-2-4-6-17/h2-6,12,15H,7-11,13H2,1H3,(H,20,24)(H,21,22)/t15-/m0/s1. The number of hydrogen-bond acceptors (Lipinski definition) is 4. The third kappa shape index (κ3) is 4.84. The van der Waals surface area contributed by atoms with Gasteiger partial charge in [0.25, 0.3) is 0 Å². The van der Waals surface area contributed by atoms with Crippen LogP contribution in [0.1, 0.15) is 37.2 Å². The first-order valence-corrected chi connectivity index (χ1v) is 8.85. The Bertz CT molecular complexity index is 744. The first-order valence-electron chi connectivity index (χ1n) is 8.85. The third-order valence-electron chi connectivity index (χ3n) is 4.43. The van der Waals surface area contributed by atoms with E-state index in [-0.39, 0.29) is 17.7 Å². The summed E-state index contributed by atoms with van der Waals surface area (Å²) in [5.74, 6) is 1.90. The number of nitrogens with one attached hydrogen (secondary N) is 2. The van der Waals surface area contributed by atoms with Crippen molar-refractivity contribution >= 4 is 11.8 Å². The van der Waals surface area contributed by atoms with Crippen LogP contribution in [0.3, 0.4) is 0 Å². The highest BCUT2D eigenvalue weighted by Gasteiger charge is 2.28. The zero-order chi connectivity index (χ0) is 18.4. The average Bonchev–Trinajstić information content (AvgIpc) is 3.30. The minimum absolute atomic E-state index is 0.0727. The van der Waals surface area contributed by atoms with Crippen LogP contribution in [0.4, 0.5) is 0 Å². The SMILES string of the molecule is CC(=O)NCc1cnc([C@H]2CCN(C(=O)CCOc3ccccc3)C2)[nH]1. The summed E-state index contributed by atoms with van der Waals surface area (Å²) in [4.78, 5) is 32.9. The Kier molecular flexibility index (Phi) is 5.88. The number of nitrogens with zero attached hydrogens (tertiary/aromatic N) is 2. The topological polar surface area (TPSA) is 87.3 Å². The number of ether oxygens (including phenoxy) is 1. The quantitative estimate of drug-likeness (QED) is 0.792. The molecule has 1 fully saturated rings. The summed E-state index contributed by atoms with van der Waals surface area (Å²) >= 11 is 0. The van der Waals surface area contributed by atoms with Gasteiger partial charge < -0.3 is 19.9 Å². The summed E-state index contributed by atoms with van der Waals surface area (Å²) in [6.45, 7) is 3.70. The van der Waals surface area contributed by atoms with Gasteiger partial charge in [-0.2, -0.15) is 0 Å². The molecule has 1 saturated heterocycles. The summed E-state index contributed by atoms with van der Waals surface area (Å²) in [5, 5.41) is 2.74. The lowest BCUT2D eigenvalue weighted by atomic mass is 10.1. The van der Waals surface area contributed by atoms with Crippen LogP contribution in [0, 0.1) is 0 Å². The van der Waals surface area contributed by atoms with E-state index in [0.717, 1.165) is 30.2 Å². The van der Waals surface area contributed by atoms with Crippen LogP contribution in [0.25, 0.3) is 0 Å². The Labute approximate surface area is 152 Å². The van der Waals surface area contributed by atoms with Crippen LogP contribution >= 0.6 is 0 Å². The Morgan fingerprint density at radius 1 is 1.35 bits per heavy atom. The molecule has 3 rings (SSSR count). The molecule has 1 aliphatic rings. The van der Waals surface area contributed by atoms with E-state index >= 15 is 0 Å². The number of rotatable bonds is 7. The van der Waals surface area contributed by atoms with Gasteiger partial charge in [0.1, 0.15) is 11.6 Å². The number of benzene rings is 1. The van der Waals surface area contributed by atoms with Gasteiger partial charge in [-0.1, -0.05) is 18.2 Å². The van der Waals surface area contributed by atoms with Crippen molar-refractivity contribution in [3.8, 4) is 5.75 Å². The molecule has 1 atom stereocenters. The van der Waals surface area contributed by atoms with Crippen LogP contribution in [0.15, 0.2) is 36.5 Å². The van der Waals surface area contributed by atoms with E-state index < -0.39 is 0 Å². The van der Waals surface area contributed by atoms with Crippen LogP contribution in [0.5, 0.6) is 5.75 Å². The number of carbonyl (C=O) groups excluding carboxylic acids is 2. The number of aromatic amines is 1. The van der Waals surface area contributed by atoms with Crippen LogP contribution < -0.4 is 10.1 Å². The van der Waals surface area contributed by atoms with Gasteiger partial charge in [-0.25, -0.2) is 4.98 Å². The minimum atomic E-state index is -0.0727. The van der Waals surface area contributed by atoms with Gasteiger partial charge in [-0.05, 0) is 18.6 Å². The van der Waals surface area contributed by atoms with Crippen LogP contribution in [-0.4, -0.2) is 46.4 Å². The molecule has 0 aliphatic carbocycles. The normalized spacial score (nSPS) is 16.5. The maximum Gasteiger partial charge on any atom is 0.226 e. The lowest BCUT2D eigenvalue weighted by molar-refractivity contribution is -0.130. The highest BCUT2D eigenvalue weighted by molar-refractivity contribution is 5.76. The zero-order valence-electron chi connectivity index (χ0n) is 14.9. The van der Waals surface area contributed by atoms with Gasteiger partial charge in [0.15, 0.2) is 0 Å². The van der Waals surface area contributed by atoms with Crippen molar-refractivity contribution in [2.24, 2.45) is 0 Å². The molecule has 1 aliphatic heterocycles. The summed E-state index contributed by atoms with van der Waals surface area (Å²) in [5.41, 5.74) is 0.872. The molecule has 2 amide bonds. The number of amides is 2.